The van der Waals surface area contributed by atoms with Gasteiger partial charge in [0.2, 0.25) is 17.7 Å². The largest absolute Gasteiger partial charge is 0.464 e. The number of esters is 1. The Morgan fingerprint density at radius 1 is 1.08 bits per heavy atom. The maximum absolute atomic E-state index is 14.7. The van der Waals surface area contributed by atoms with Gasteiger partial charge in [0.25, 0.3) is 5.91 Å². The van der Waals surface area contributed by atoms with E-state index in [1.807, 2.05) is 32.2 Å². The molecule has 6 bridgehead atoms. The Balaban J connectivity index is 1.27. The zero-order valence-corrected chi connectivity index (χ0v) is 38.8. The van der Waals surface area contributed by atoms with Gasteiger partial charge in [-0.05, 0) is 91.8 Å². The molecule has 0 saturated carbocycles. The van der Waals surface area contributed by atoms with Gasteiger partial charge in [-0.15, -0.1) is 0 Å². The van der Waals surface area contributed by atoms with Crippen molar-refractivity contribution in [3.05, 3.63) is 84.2 Å². The van der Waals surface area contributed by atoms with Crippen LogP contribution in [0.2, 0.25) is 0 Å². The number of fused-ring (bicyclic) bond motifs is 6. The molecule has 7 rings (SSSR count). The number of allylic oxidation sites excluding steroid dienone is 1. The van der Waals surface area contributed by atoms with Crippen LogP contribution < -0.4 is 10.7 Å². The van der Waals surface area contributed by atoms with Crippen LogP contribution in [0.5, 0.6) is 0 Å². The third kappa shape index (κ3) is 9.74. The van der Waals surface area contributed by atoms with Gasteiger partial charge >= 0.3 is 5.97 Å². The lowest BCUT2D eigenvalue weighted by Gasteiger charge is -2.37. The minimum Gasteiger partial charge on any atom is -0.464 e. The van der Waals surface area contributed by atoms with E-state index in [-0.39, 0.29) is 49.1 Å². The minimum absolute atomic E-state index is 0.131. The lowest BCUT2D eigenvalue weighted by Crippen LogP contribution is -2.62. The fourth-order valence-corrected chi connectivity index (χ4v) is 10.3. The van der Waals surface area contributed by atoms with Crippen LogP contribution in [0.25, 0.3) is 22.0 Å². The predicted molar refractivity (Wildman–Crippen MR) is 250 cm³/mol. The summed E-state index contributed by atoms with van der Waals surface area (Å²) < 4.78 is 8.59. The van der Waals surface area contributed by atoms with Crippen molar-refractivity contribution in [2.24, 2.45) is 22.2 Å². The van der Waals surface area contributed by atoms with Crippen LogP contribution in [0.3, 0.4) is 0 Å². The van der Waals surface area contributed by atoms with E-state index in [0.29, 0.717) is 38.8 Å². The molecule has 1 aromatic heterocycles. The summed E-state index contributed by atoms with van der Waals surface area (Å²) in [5.74, 6) is -2.34. The molecule has 0 unspecified atom stereocenters. The van der Waals surface area contributed by atoms with Crippen LogP contribution in [0, 0.1) is 17.3 Å². The predicted octanol–water partition coefficient (Wildman–Crippen LogP) is 6.74. The SMILES string of the molecule is C=CC(=O)N1CC[C@H](C(=O)N(C)[C@H](C(=O)N[C@H]2Cc3cccc(c3)-c3ccc4c(c3)c(c([C@@H]3CC=CN=C3CCC)n4CC)CC(C)(C)COC(=O)[C@@H]3CCCN(N3)C2=O)C(C)C)C1. The Kier molecular flexibility index (Phi) is 14.3. The number of benzene rings is 2. The Labute approximate surface area is 378 Å². The number of amides is 4. The molecule has 4 amide bonds. The molecule has 0 spiro atoms. The zero-order chi connectivity index (χ0) is 45.9. The Hall–Kier alpha value is -5.56. The third-order valence-electron chi connectivity index (χ3n) is 13.5. The van der Waals surface area contributed by atoms with Crippen molar-refractivity contribution in [2.75, 3.05) is 33.3 Å². The van der Waals surface area contributed by atoms with Crippen LogP contribution in [0.4, 0.5) is 0 Å². The van der Waals surface area contributed by atoms with E-state index in [1.165, 1.54) is 33.0 Å². The first-order valence-corrected chi connectivity index (χ1v) is 23.3. The first kappa shape index (κ1) is 46.4. The number of rotatable bonds is 10. The molecule has 2 N–H and O–H groups in total. The van der Waals surface area contributed by atoms with Crippen LogP contribution in [0.1, 0.15) is 103 Å². The number of hydrogen-bond acceptors (Lipinski definition) is 8. The lowest BCUT2D eigenvalue weighted by molar-refractivity contribution is -0.155. The summed E-state index contributed by atoms with van der Waals surface area (Å²) in [6.45, 7) is 18.0. The van der Waals surface area contributed by atoms with Crippen molar-refractivity contribution in [1.29, 1.82) is 0 Å². The number of aliphatic imine (C=N–C) groups is 1. The molecule has 13 heteroatoms. The molecule has 2 fully saturated rings. The normalized spacial score (nSPS) is 23.0. The van der Waals surface area contributed by atoms with E-state index >= 15 is 0 Å². The number of nitrogens with one attached hydrogen (secondary N) is 2. The number of carbonyl (C=O) groups excluding carboxylic acids is 5. The van der Waals surface area contributed by atoms with Gasteiger partial charge in [-0.2, -0.15) is 0 Å². The van der Waals surface area contributed by atoms with E-state index < -0.39 is 41.3 Å². The maximum atomic E-state index is 14.7. The summed E-state index contributed by atoms with van der Waals surface area (Å²) in [5.41, 5.74) is 10.5. The fraction of sp³-hybridized carbons (Fsp3) is 0.529. The number of cyclic esters (lactones) is 1. The summed E-state index contributed by atoms with van der Waals surface area (Å²) in [5, 5.41) is 5.68. The fourth-order valence-electron chi connectivity index (χ4n) is 10.3. The molecular formula is C51H67N7O6. The molecule has 4 aliphatic rings. The average molecular weight is 874 g/mol. The van der Waals surface area contributed by atoms with Gasteiger partial charge in [-0.25, -0.2) is 5.43 Å². The molecule has 3 aromatic rings. The molecule has 64 heavy (non-hydrogen) atoms. The van der Waals surface area contributed by atoms with Gasteiger partial charge in [-0.3, -0.25) is 34.0 Å². The molecule has 5 heterocycles. The van der Waals surface area contributed by atoms with Crippen LogP contribution in [-0.4, -0.2) is 106 Å². The third-order valence-corrected chi connectivity index (χ3v) is 13.5. The van der Waals surface area contributed by atoms with Crippen molar-refractivity contribution in [1.82, 2.24) is 30.1 Å². The van der Waals surface area contributed by atoms with Crippen molar-refractivity contribution in [2.45, 2.75) is 123 Å². The van der Waals surface area contributed by atoms with Crippen LogP contribution in [-0.2, 0) is 48.1 Å². The van der Waals surface area contributed by atoms with Gasteiger partial charge in [0, 0.05) is 79.5 Å². The topological polar surface area (TPSA) is 146 Å². The molecule has 0 aliphatic carbocycles. The van der Waals surface area contributed by atoms with Crippen molar-refractivity contribution in [3.8, 4) is 11.1 Å². The smallest absolute Gasteiger partial charge is 0.324 e. The Bertz CT molecular complexity index is 2340. The van der Waals surface area contributed by atoms with Gasteiger partial charge in [-0.1, -0.05) is 84.0 Å². The number of nitrogens with zero attached hydrogens (tertiary/aromatic N) is 5. The first-order chi connectivity index (χ1) is 30.6. The highest BCUT2D eigenvalue weighted by Gasteiger charge is 2.40. The number of hydrazine groups is 1. The van der Waals surface area contributed by atoms with E-state index in [0.717, 1.165) is 53.4 Å². The summed E-state index contributed by atoms with van der Waals surface area (Å²) in [7, 11) is 1.62. The molecule has 342 valence electrons. The van der Waals surface area contributed by atoms with E-state index in [9.17, 15) is 24.0 Å². The molecule has 4 aliphatic heterocycles. The van der Waals surface area contributed by atoms with Gasteiger partial charge in [0.1, 0.15) is 18.1 Å². The quantitative estimate of drug-likeness (QED) is 0.170. The molecule has 0 radical (unpaired) electrons. The van der Waals surface area contributed by atoms with Gasteiger partial charge < -0.3 is 24.4 Å². The van der Waals surface area contributed by atoms with Gasteiger partial charge in [0.05, 0.1) is 12.5 Å². The maximum Gasteiger partial charge on any atom is 0.324 e. The molecule has 2 saturated heterocycles. The van der Waals surface area contributed by atoms with E-state index in [2.05, 4.69) is 86.0 Å². The average Bonchev–Trinajstić information content (AvgIpc) is 3.90. The number of aromatic nitrogens is 1. The Morgan fingerprint density at radius 3 is 2.59 bits per heavy atom. The summed E-state index contributed by atoms with van der Waals surface area (Å²) >= 11 is 0. The molecule has 13 nitrogen and oxygen atoms in total. The minimum atomic E-state index is -1.03. The first-order valence-electron chi connectivity index (χ1n) is 23.3. The summed E-state index contributed by atoms with van der Waals surface area (Å²) in [6, 6.07) is 12.1. The molecule has 5 atom stereocenters. The van der Waals surface area contributed by atoms with Crippen molar-refractivity contribution >= 4 is 46.2 Å². The monoisotopic (exact) mass is 874 g/mol. The van der Waals surface area contributed by atoms with Crippen molar-refractivity contribution in [3.63, 3.8) is 0 Å². The second kappa shape index (κ2) is 19.7. The number of likely N-dealkylation sites (tertiary alicyclic amines) is 1. The summed E-state index contributed by atoms with van der Waals surface area (Å²) in [4.78, 5) is 77.2. The highest BCUT2D eigenvalue weighted by molar-refractivity contribution is 5.97. The Morgan fingerprint density at radius 2 is 1.86 bits per heavy atom. The van der Waals surface area contributed by atoms with Gasteiger partial charge in [0.15, 0.2) is 0 Å². The number of ether oxygens (including phenoxy) is 1. The number of likely N-dealkylation sites (N-methyl/N-ethyl adjacent to an activating group) is 1. The highest BCUT2D eigenvalue weighted by Crippen LogP contribution is 2.41. The second-order valence-electron chi connectivity index (χ2n) is 19.2. The lowest BCUT2D eigenvalue weighted by atomic mass is 9.81. The van der Waals surface area contributed by atoms with Crippen LogP contribution in [0.15, 0.2) is 72.4 Å². The standard InChI is InChI=1S/C51H67N7O6/c1-9-15-40-37(18-13-23-52-40)46-39-29-51(6,7)31-64-50(63)41-19-14-24-58(54-41)49(62)42(27-33-16-12-17-34(26-33)35-20-21-43(38(39)28-35)57(46)11-3)53-47(60)45(32(4)5)55(8)48(61)36-22-25-56(30-36)44(59)10-2/h10,12-13,16-17,20-21,23,26,28,32,36-37,41-42,45,54H,2,9,11,14-15,18-19,22,24-25,27,29-31H2,1,3-8H3,(H,53,60)/t36-,37+,41-,42-,45-/m0/s1. The van der Waals surface area contributed by atoms with Crippen molar-refractivity contribution < 1.29 is 28.7 Å². The zero-order valence-electron chi connectivity index (χ0n) is 38.8. The van der Waals surface area contributed by atoms with Crippen LogP contribution >= 0.6 is 0 Å². The number of carbonyl (C=O) groups is 5. The molecular weight excluding hydrogens is 807 g/mol. The van der Waals surface area contributed by atoms with E-state index in [1.54, 1.807) is 11.9 Å². The summed E-state index contributed by atoms with van der Waals surface area (Å²) in [6.07, 6.45) is 10.5. The number of hydrogen-bond donors (Lipinski definition) is 2. The van der Waals surface area contributed by atoms with E-state index in [4.69, 9.17) is 9.73 Å². The second-order valence-corrected chi connectivity index (χ2v) is 19.2. The number of aryl methyl sites for hydroxylation is 1. The molecule has 2 aromatic carbocycles. The highest BCUT2D eigenvalue weighted by atomic mass is 16.5.